The number of unbranched alkanes of at least 4 members (excludes halogenated alkanes) is 1. The van der Waals surface area contributed by atoms with Crippen LogP contribution in [-0.4, -0.2) is 22.9 Å². The summed E-state index contributed by atoms with van der Waals surface area (Å²) in [5.41, 5.74) is 0.00359. The average molecular weight is 202 g/mol. The van der Waals surface area contributed by atoms with E-state index in [4.69, 9.17) is 5.11 Å². The van der Waals surface area contributed by atoms with Crippen molar-refractivity contribution in [2.45, 2.75) is 59.5 Å². The summed E-state index contributed by atoms with van der Waals surface area (Å²) in [6.45, 7) is 8.84. The van der Waals surface area contributed by atoms with Gasteiger partial charge in [-0.2, -0.15) is 0 Å². The van der Waals surface area contributed by atoms with Gasteiger partial charge in [-0.25, -0.2) is 0 Å². The minimum absolute atomic E-state index is 0.00359. The van der Waals surface area contributed by atoms with Crippen LogP contribution in [0.5, 0.6) is 0 Å². The molecule has 0 bridgehead atoms. The molecule has 14 heavy (non-hydrogen) atoms. The molecule has 2 nitrogen and oxygen atoms in total. The predicted octanol–water partition coefficient (Wildman–Crippen LogP) is 2.58. The van der Waals surface area contributed by atoms with E-state index in [2.05, 4.69) is 27.7 Å². The molecule has 1 atom stereocenters. The Morgan fingerprint density at radius 1 is 1.14 bits per heavy atom. The molecule has 86 valence electrons. The van der Waals surface area contributed by atoms with Gasteiger partial charge in [0, 0.05) is 6.61 Å². The molecular weight excluding hydrogens is 176 g/mol. The zero-order valence-corrected chi connectivity index (χ0v) is 10.1. The van der Waals surface area contributed by atoms with Crippen LogP contribution in [0, 0.1) is 11.3 Å². The first kappa shape index (κ1) is 13.9. The molecule has 1 unspecified atom stereocenters. The second-order valence-electron chi connectivity index (χ2n) is 5.32. The van der Waals surface area contributed by atoms with Crippen molar-refractivity contribution in [3.05, 3.63) is 0 Å². The van der Waals surface area contributed by atoms with Crippen molar-refractivity contribution < 1.29 is 10.2 Å². The second kappa shape index (κ2) is 6.41. The first-order valence-corrected chi connectivity index (χ1v) is 5.69. The van der Waals surface area contributed by atoms with Gasteiger partial charge >= 0.3 is 0 Å². The molecule has 0 fully saturated rings. The maximum atomic E-state index is 9.97. The standard InChI is InChI=1S/C12H26O2/c1-10(2)9-12(3,4)11(14)7-5-6-8-13/h10-11,13-14H,5-9H2,1-4H3. The fourth-order valence-electron chi connectivity index (χ4n) is 2.03. The van der Waals surface area contributed by atoms with Gasteiger partial charge in [-0.3, -0.25) is 0 Å². The number of rotatable bonds is 7. The Morgan fingerprint density at radius 2 is 1.71 bits per heavy atom. The summed E-state index contributed by atoms with van der Waals surface area (Å²) in [5.74, 6) is 0.623. The summed E-state index contributed by atoms with van der Waals surface area (Å²) in [4.78, 5) is 0. The van der Waals surface area contributed by atoms with E-state index in [0.717, 1.165) is 25.7 Å². The first-order valence-electron chi connectivity index (χ1n) is 5.69. The molecule has 0 aliphatic heterocycles. The molecule has 0 aromatic rings. The molecule has 0 aliphatic carbocycles. The lowest BCUT2D eigenvalue weighted by atomic mass is 9.77. The van der Waals surface area contributed by atoms with Crippen LogP contribution in [0.2, 0.25) is 0 Å². The van der Waals surface area contributed by atoms with E-state index < -0.39 is 0 Å². The summed E-state index contributed by atoms with van der Waals surface area (Å²) < 4.78 is 0. The Kier molecular flexibility index (Phi) is 6.38. The van der Waals surface area contributed by atoms with Gasteiger partial charge < -0.3 is 10.2 Å². The normalized spacial score (nSPS) is 14.8. The van der Waals surface area contributed by atoms with Crippen LogP contribution in [0.15, 0.2) is 0 Å². The average Bonchev–Trinajstić information content (AvgIpc) is 2.02. The van der Waals surface area contributed by atoms with Crippen molar-refractivity contribution in [1.82, 2.24) is 0 Å². The topological polar surface area (TPSA) is 40.5 Å². The Labute approximate surface area is 88.3 Å². The van der Waals surface area contributed by atoms with Crippen LogP contribution in [0.25, 0.3) is 0 Å². The van der Waals surface area contributed by atoms with Crippen molar-refractivity contribution in [2.75, 3.05) is 6.61 Å². The third kappa shape index (κ3) is 5.61. The lowest BCUT2D eigenvalue weighted by Gasteiger charge is -2.32. The molecule has 0 amide bonds. The molecule has 0 saturated heterocycles. The molecule has 0 heterocycles. The maximum Gasteiger partial charge on any atom is 0.0591 e. The van der Waals surface area contributed by atoms with Gasteiger partial charge in [0.15, 0.2) is 0 Å². The number of hydrogen-bond donors (Lipinski definition) is 2. The molecule has 0 radical (unpaired) electrons. The van der Waals surface area contributed by atoms with Crippen molar-refractivity contribution in [2.24, 2.45) is 11.3 Å². The number of hydrogen-bond acceptors (Lipinski definition) is 2. The summed E-state index contributed by atoms with van der Waals surface area (Å²) in [6.07, 6.45) is 3.33. The van der Waals surface area contributed by atoms with E-state index in [1.165, 1.54) is 0 Å². The first-order chi connectivity index (χ1) is 6.40. The zero-order valence-electron chi connectivity index (χ0n) is 10.1. The Balaban J connectivity index is 3.87. The monoisotopic (exact) mass is 202 g/mol. The highest BCUT2D eigenvalue weighted by Gasteiger charge is 2.27. The second-order valence-corrected chi connectivity index (χ2v) is 5.32. The highest BCUT2D eigenvalue weighted by Crippen LogP contribution is 2.31. The largest absolute Gasteiger partial charge is 0.396 e. The third-order valence-corrected chi connectivity index (χ3v) is 2.72. The molecule has 0 aliphatic rings. The van der Waals surface area contributed by atoms with E-state index in [0.29, 0.717) is 5.92 Å². The summed E-state index contributed by atoms with van der Waals surface area (Å²) >= 11 is 0. The Hall–Kier alpha value is -0.0800. The zero-order chi connectivity index (χ0) is 11.2. The van der Waals surface area contributed by atoms with Gasteiger partial charge in [0.25, 0.3) is 0 Å². The van der Waals surface area contributed by atoms with Gasteiger partial charge in [0.2, 0.25) is 0 Å². The van der Waals surface area contributed by atoms with Crippen LogP contribution in [0.1, 0.15) is 53.4 Å². The van der Waals surface area contributed by atoms with Gasteiger partial charge in [0.1, 0.15) is 0 Å². The summed E-state index contributed by atoms with van der Waals surface area (Å²) in [7, 11) is 0. The molecule has 0 aromatic heterocycles. The van der Waals surface area contributed by atoms with Crippen LogP contribution in [-0.2, 0) is 0 Å². The van der Waals surface area contributed by atoms with Crippen molar-refractivity contribution in [1.29, 1.82) is 0 Å². The fourth-order valence-corrected chi connectivity index (χ4v) is 2.03. The molecule has 2 heteroatoms. The minimum Gasteiger partial charge on any atom is -0.396 e. The van der Waals surface area contributed by atoms with Gasteiger partial charge in [-0.15, -0.1) is 0 Å². The van der Waals surface area contributed by atoms with Crippen LogP contribution in [0.3, 0.4) is 0 Å². The summed E-state index contributed by atoms with van der Waals surface area (Å²) in [5, 5.41) is 18.6. The smallest absolute Gasteiger partial charge is 0.0591 e. The van der Waals surface area contributed by atoms with Crippen LogP contribution in [0.4, 0.5) is 0 Å². The molecule has 2 N–H and O–H groups in total. The fraction of sp³-hybridized carbons (Fsp3) is 1.00. The summed E-state index contributed by atoms with van der Waals surface area (Å²) in [6, 6.07) is 0. The number of aliphatic hydroxyl groups excluding tert-OH is 2. The molecule has 0 spiro atoms. The molecule has 0 rings (SSSR count). The third-order valence-electron chi connectivity index (χ3n) is 2.72. The quantitative estimate of drug-likeness (QED) is 0.623. The molecular formula is C12H26O2. The lowest BCUT2D eigenvalue weighted by molar-refractivity contribution is 0.0262. The van der Waals surface area contributed by atoms with Crippen molar-refractivity contribution in [3.8, 4) is 0 Å². The van der Waals surface area contributed by atoms with Gasteiger partial charge in [-0.1, -0.05) is 27.7 Å². The van der Waals surface area contributed by atoms with Crippen LogP contribution >= 0.6 is 0 Å². The van der Waals surface area contributed by atoms with Crippen molar-refractivity contribution in [3.63, 3.8) is 0 Å². The Bertz CT molecular complexity index is 141. The SMILES string of the molecule is CC(C)CC(C)(C)C(O)CCCCO. The molecule has 0 aromatic carbocycles. The van der Waals surface area contributed by atoms with Gasteiger partial charge in [0.05, 0.1) is 6.10 Å². The van der Waals surface area contributed by atoms with E-state index >= 15 is 0 Å². The van der Waals surface area contributed by atoms with Gasteiger partial charge in [-0.05, 0) is 37.0 Å². The van der Waals surface area contributed by atoms with Crippen molar-refractivity contribution >= 4 is 0 Å². The van der Waals surface area contributed by atoms with E-state index in [1.54, 1.807) is 0 Å². The van der Waals surface area contributed by atoms with E-state index in [-0.39, 0.29) is 18.1 Å². The minimum atomic E-state index is -0.239. The van der Waals surface area contributed by atoms with E-state index in [9.17, 15) is 5.11 Å². The number of aliphatic hydroxyl groups is 2. The van der Waals surface area contributed by atoms with E-state index in [1.807, 2.05) is 0 Å². The lowest BCUT2D eigenvalue weighted by Crippen LogP contribution is -2.30. The predicted molar refractivity (Wildman–Crippen MR) is 60.2 cm³/mol. The van der Waals surface area contributed by atoms with Crippen LogP contribution < -0.4 is 0 Å². The Morgan fingerprint density at radius 3 is 2.14 bits per heavy atom. The highest BCUT2D eigenvalue weighted by molar-refractivity contribution is 4.78. The molecule has 0 saturated carbocycles. The maximum absolute atomic E-state index is 9.97. The highest BCUT2D eigenvalue weighted by atomic mass is 16.3.